The number of carbonyl (C=O) groups is 1. The molecule has 4 heteroatoms. The first-order valence-corrected chi connectivity index (χ1v) is 8.41. The van der Waals surface area contributed by atoms with Gasteiger partial charge in [0.2, 0.25) is 0 Å². The van der Waals surface area contributed by atoms with Gasteiger partial charge in [-0.15, -0.1) is 0 Å². The normalized spacial score (nSPS) is 10.2. The second-order valence-electron chi connectivity index (χ2n) is 5.84. The van der Waals surface area contributed by atoms with Gasteiger partial charge in [0.1, 0.15) is 5.75 Å². The van der Waals surface area contributed by atoms with Crippen LogP contribution in [-0.4, -0.2) is 25.7 Å². The smallest absolute Gasteiger partial charge is 0.314 e. The van der Waals surface area contributed by atoms with Gasteiger partial charge in [0.25, 0.3) is 0 Å². The third-order valence-corrected chi connectivity index (χ3v) is 3.80. The third kappa shape index (κ3) is 5.95. The quantitative estimate of drug-likeness (QED) is 0.728. The largest absolute Gasteiger partial charge is 0.493 e. The first-order valence-electron chi connectivity index (χ1n) is 8.41. The molecule has 2 rings (SSSR count). The number of para-hydroxylation sites is 1. The number of nitrogens with one attached hydrogen (secondary N) is 2. The van der Waals surface area contributed by atoms with Gasteiger partial charge >= 0.3 is 6.03 Å². The predicted octanol–water partition coefficient (Wildman–Crippen LogP) is 3.61. The molecule has 0 fully saturated rings. The highest BCUT2D eigenvalue weighted by molar-refractivity contribution is 5.73. The lowest BCUT2D eigenvalue weighted by Crippen LogP contribution is -2.37. The highest BCUT2D eigenvalue weighted by Crippen LogP contribution is 2.22. The summed E-state index contributed by atoms with van der Waals surface area (Å²) in [7, 11) is 0. The number of rotatable bonds is 8. The zero-order valence-corrected chi connectivity index (χ0v) is 14.5. The summed E-state index contributed by atoms with van der Waals surface area (Å²) in [6.45, 7) is 5.91. The van der Waals surface area contributed by atoms with Gasteiger partial charge in [0.15, 0.2) is 0 Å². The number of aryl methyl sites for hydroxylation is 2. The van der Waals surface area contributed by atoms with Crippen LogP contribution in [0.4, 0.5) is 4.79 Å². The van der Waals surface area contributed by atoms with E-state index >= 15 is 0 Å². The van der Waals surface area contributed by atoms with Crippen LogP contribution < -0.4 is 15.4 Å². The van der Waals surface area contributed by atoms with Gasteiger partial charge in [-0.05, 0) is 43.4 Å². The summed E-state index contributed by atoms with van der Waals surface area (Å²) in [6.07, 6.45) is 1.61. The zero-order chi connectivity index (χ0) is 17.2. The Hall–Kier alpha value is -2.49. The molecule has 0 aromatic heterocycles. The molecule has 2 aromatic carbocycles. The zero-order valence-electron chi connectivity index (χ0n) is 14.5. The minimum Gasteiger partial charge on any atom is -0.493 e. The van der Waals surface area contributed by atoms with E-state index in [-0.39, 0.29) is 6.03 Å². The van der Waals surface area contributed by atoms with Gasteiger partial charge in [0, 0.05) is 13.1 Å². The average Bonchev–Trinajstić information content (AvgIpc) is 2.58. The molecule has 0 spiro atoms. The van der Waals surface area contributed by atoms with E-state index in [0.717, 1.165) is 29.7 Å². The summed E-state index contributed by atoms with van der Waals surface area (Å²) in [6, 6.07) is 16.1. The van der Waals surface area contributed by atoms with Crippen molar-refractivity contribution in [3.63, 3.8) is 0 Å². The average molecular weight is 326 g/mol. The summed E-state index contributed by atoms with van der Waals surface area (Å²) in [5.74, 6) is 0.949. The van der Waals surface area contributed by atoms with Crippen LogP contribution in [0.5, 0.6) is 5.75 Å². The fraction of sp³-hybridized carbons (Fsp3) is 0.350. The number of carbonyl (C=O) groups excluding carboxylic acids is 1. The molecule has 2 aromatic rings. The predicted molar refractivity (Wildman–Crippen MR) is 97.6 cm³/mol. The fourth-order valence-electron chi connectivity index (χ4n) is 2.50. The minimum absolute atomic E-state index is 0.127. The monoisotopic (exact) mass is 326 g/mol. The summed E-state index contributed by atoms with van der Waals surface area (Å²) in [5, 5.41) is 5.72. The molecule has 0 saturated heterocycles. The lowest BCUT2D eigenvalue weighted by Gasteiger charge is -2.12. The Kier molecular flexibility index (Phi) is 7.15. The van der Waals surface area contributed by atoms with Crippen molar-refractivity contribution in [3.05, 3.63) is 65.2 Å². The second-order valence-corrected chi connectivity index (χ2v) is 5.84. The molecule has 4 nitrogen and oxygen atoms in total. The molecule has 0 aliphatic rings. The fourth-order valence-corrected chi connectivity index (χ4v) is 2.50. The number of hydrogen-bond donors (Lipinski definition) is 2. The van der Waals surface area contributed by atoms with Crippen molar-refractivity contribution in [2.45, 2.75) is 26.7 Å². The Morgan fingerprint density at radius 3 is 2.29 bits per heavy atom. The van der Waals surface area contributed by atoms with Gasteiger partial charge in [-0.25, -0.2) is 4.79 Å². The minimum atomic E-state index is -0.127. The molecular formula is C20H26N2O2. The summed E-state index contributed by atoms with van der Waals surface area (Å²) >= 11 is 0. The molecule has 24 heavy (non-hydrogen) atoms. The first kappa shape index (κ1) is 17.9. The molecule has 128 valence electrons. The van der Waals surface area contributed by atoms with Crippen LogP contribution in [0.1, 0.15) is 23.1 Å². The van der Waals surface area contributed by atoms with Crippen molar-refractivity contribution in [2.75, 3.05) is 19.7 Å². The number of urea groups is 1. The van der Waals surface area contributed by atoms with Gasteiger partial charge in [-0.1, -0.05) is 48.5 Å². The standard InChI is InChI=1S/C20H26N2O2/c1-16-8-6-9-17(2)19(16)24-15-7-13-21-20(23)22-14-12-18-10-4-3-5-11-18/h3-6,8-11H,7,12-15H2,1-2H3,(H2,21,22,23). The summed E-state index contributed by atoms with van der Waals surface area (Å²) in [4.78, 5) is 11.7. The summed E-state index contributed by atoms with van der Waals surface area (Å²) < 4.78 is 5.82. The van der Waals surface area contributed by atoms with Crippen LogP contribution in [0.2, 0.25) is 0 Å². The van der Waals surface area contributed by atoms with Crippen LogP contribution in [0.15, 0.2) is 48.5 Å². The van der Waals surface area contributed by atoms with Gasteiger partial charge in [-0.3, -0.25) is 0 Å². The van der Waals surface area contributed by atoms with Crippen molar-refractivity contribution in [1.29, 1.82) is 0 Å². The molecule has 0 bridgehead atoms. The van der Waals surface area contributed by atoms with Crippen LogP contribution >= 0.6 is 0 Å². The highest BCUT2D eigenvalue weighted by atomic mass is 16.5. The second kappa shape index (κ2) is 9.60. The van der Waals surface area contributed by atoms with Crippen molar-refractivity contribution in [3.8, 4) is 5.75 Å². The number of benzene rings is 2. The molecule has 2 N–H and O–H groups in total. The Morgan fingerprint density at radius 2 is 1.58 bits per heavy atom. The number of amides is 2. The third-order valence-electron chi connectivity index (χ3n) is 3.80. The van der Waals surface area contributed by atoms with E-state index in [2.05, 4.69) is 22.8 Å². The Labute approximate surface area is 144 Å². The molecule has 2 amide bonds. The topological polar surface area (TPSA) is 50.4 Å². The number of hydrogen-bond acceptors (Lipinski definition) is 2. The maximum Gasteiger partial charge on any atom is 0.314 e. The maximum atomic E-state index is 11.7. The number of ether oxygens (including phenoxy) is 1. The molecule has 0 aliphatic heterocycles. The summed E-state index contributed by atoms with van der Waals surface area (Å²) in [5.41, 5.74) is 3.50. The van der Waals surface area contributed by atoms with Crippen LogP contribution in [0.25, 0.3) is 0 Å². The van der Waals surface area contributed by atoms with Gasteiger partial charge in [-0.2, -0.15) is 0 Å². The van der Waals surface area contributed by atoms with E-state index in [9.17, 15) is 4.79 Å². The van der Waals surface area contributed by atoms with Crippen LogP contribution in [0.3, 0.4) is 0 Å². The van der Waals surface area contributed by atoms with Gasteiger partial charge in [0.05, 0.1) is 6.61 Å². The first-order chi connectivity index (χ1) is 11.7. The Morgan fingerprint density at radius 1 is 0.917 bits per heavy atom. The Bertz CT molecular complexity index is 621. The molecule has 0 aliphatic carbocycles. The van der Waals surface area contributed by atoms with Crippen LogP contribution in [0, 0.1) is 13.8 Å². The van der Waals surface area contributed by atoms with E-state index in [1.54, 1.807) is 0 Å². The van der Waals surface area contributed by atoms with Crippen LogP contribution in [-0.2, 0) is 6.42 Å². The maximum absolute atomic E-state index is 11.7. The molecule has 0 heterocycles. The molecule has 0 unspecified atom stereocenters. The van der Waals surface area contributed by atoms with Crippen molar-refractivity contribution in [2.24, 2.45) is 0 Å². The van der Waals surface area contributed by atoms with Gasteiger partial charge < -0.3 is 15.4 Å². The molecule has 0 saturated carbocycles. The lowest BCUT2D eigenvalue weighted by molar-refractivity contribution is 0.239. The van der Waals surface area contributed by atoms with E-state index in [0.29, 0.717) is 19.7 Å². The highest BCUT2D eigenvalue weighted by Gasteiger charge is 2.03. The molecule has 0 atom stereocenters. The molecule has 0 radical (unpaired) electrons. The van der Waals surface area contributed by atoms with Crippen molar-refractivity contribution < 1.29 is 9.53 Å². The van der Waals surface area contributed by atoms with E-state index in [1.807, 2.05) is 50.2 Å². The molecular weight excluding hydrogens is 300 g/mol. The van der Waals surface area contributed by atoms with Crippen molar-refractivity contribution >= 4 is 6.03 Å². The van der Waals surface area contributed by atoms with E-state index in [1.165, 1.54) is 5.56 Å². The van der Waals surface area contributed by atoms with E-state index in [4.69, 9.17) is 4.74 Å². The van der Waals surface area contributed by atoms with E-state index < -0.39 is 0 Å². The Balaban J connectivity index is 1.56. The van der Waals surface area contributed by atoms with Crippen molar-refractivity contribution in [1.82, 2.24) is 10.6 Å². The lowest BCUT2D eigenvalue weighted by atomic mass is 10.1. The SMILES string of the molecule is Cc1cccc(C)c1OCCCNC(=O)NCCc1ccccc1.